The van der Waals surface area contributed by atoms with Crippen molar-refractivity contribution in [2.45, 2.75) is 38.8 Å². The number of fused-ring (bicyclic) bond motifs is 1. The number of amides is 1. The Bertz CT molecular complexity index is 268. The molecule has 3 nitrogen and oxygen atoms in total. The number of carbonyl (C=O) groups is 1. The molecule has 0 radical (unpaired) electrons. The lowest BCUT2D eigenvalue weighted by atomic mass is 10.0. The van der Waals surface area contributed by atoms with Crippen LogP contribution in [0.4, 0.5) is 4.79 Å². The van der Waals surface area contributed by atoms with E-state index < -0.39 is 0 Å². The Hall–Kier alpha value is -0.990. The van der Waals surface area contributed by atoms with E-state index in [1.54, 1.807) is 4.90 Å². The fourth-order valence-electron chi connectivity index (χ4n) is 1.81. The van der Waals surface area contributed by atoms with Crippen molar-refractivity contribution in [2.24, 2.45) is 0 Å². The normalized spacial score (nSPS) is 34.6. The molecule has 0 bridgehead atoms. The van der Waals surface area contributed by atoms with Gasteiger partial charge in [0.1, 0.15) is 5.60 Å². The van der Waals surface area contributed by atoms with Gasteiger partial charge in [0, 0.05) is 12.1 Å². The number of allylic oxidation sites excluding steroid dienone is 1. The molecule has 2 fully saturated rings. The van der Waals surface area contributed by atoms with E-state index >= 15 is 0 Å². The first-order valence-corrected chi connectivity index (χ1v) is 4.23. The third kappa shape index (κ3) is 0.924. The zero-order valence-electron chi connectivity index (χ0n) is 7.63. The second-order valence-electron chi connectivity index (χ2n) is 3.93. The van der Waals surface area contributed by atoms with Crippen LogP contribution in [0.2, 0.25) is 0 Å². The van der Waals surface area contributed by atoms with Crippen LogP contribution in [0.1, 0.15) is 27.2 Å². The predicted octanol–water partition coefficient (Wildman–Crippen LogP) is 1.89. The van der Waals surface area contributed by atoms with Crippen LogP contribution in [0.3, 0.4) is 0 Å². The predicted molar refractivity (Wildman–Crippen MR) is 44.6 cm³/mol. The van der Waals surface area contributed by atoms with Gasteiger partial charge in [-0.15, -0.1) is 0 Å². The van der Waals surface area contributed by atoms with E-state index in [0.717, 1.165) is 12.1 Å². The summed E-state index contributed by atoms with van der Waals surface area (Å²) in [5.74, 6) is 0. The van der Waals surface area contributed by atoms with Gasteiger partial charge >= 0.3 is 6.09 Å². The molecule has 1 amide bonds. The lowest BCUT2D eigenvalue weighted by Crippen LogP contribution is -2.37. The Labute approximate surface area is 72.0 Å². The van der Waals surface area contributed by atoms with Crippen LogP contribution in [0, 0.1) is 0 Å². The molecule has 0 spiro atoms. The molecule has 0 aromatic rings. The maximum absolute atomic E-state index is 11.3. The van der Waals surface area contributed by atoms with Crippen LogP contribution < -0.4 is 0 Å². The summed E-state index contributed by atoms with van der Waals surface area (Å²) < 4.78 is 5.21. The Morgan fingerprint density at radius 3 is 2.92 bits per heavy atom. The van der Waals surface area contributed by atoms with Gasteiger partial charge < -0.3 is 4.74 Å². The first kappa shape index (κ1) is 7.65. The van der Waals surface area contributed by atoms with Gasteiger partial charge in [-0.2, -0.15) is 0 Å². The van der Waals surface area contributed by atoms with Crippen LogP contribution in [0.5, 0.6) is 0 Å². The molecule has 2 aliphatic rings. The fourth-order valence-corrected chi connectivity index (χ4v) is 1.81. The maximum Gasteiger partial charge on any atom is 0.415 e. The number of nitrogens with zero attached hydrogens (tertiary/aromatic N) is 1. The van der Waals surface area contributed by atoms with Crippen molar-refractivity contribution in [1.82, 2.24) is 4.90 Å². The average Bonchev–Trinajstić information content (AvgIpc) is 2.58. The molecule has 0 aromatic heterocycles. The highest BCUT2D eigenvalue weighted by Gasteiger charge is 2.54. The number of carbonyl (C=O) groups excluding carboxylic acids is 1. The fraction of sp³-hybridized carbons (Fsp3) is 0.667. The molecule has 2 heterocycles. The van der Waals surface area contributed by atoms with Crippen molar-refractivity contribution in [3.8, 4) is 0 Å². The summed E-state index contributed by atoms with van der Waals surface area (Å²) in [5, 5.41) is 0. The van der Waals surface area contributed by atoms with E-state index in [-0.39, 0.29) is 11.7 Å². The maximum atomic E-state index is 11.3. The summed E-state index contributed by atoms with van der Waals surface area (Å²) in [6, 6.07) is 0.325. The molecule has 66 valence electrons. The molecule has 0 aliphatic carbocycles. The van der Waals surface area contributed by atoms with Gasteiger partial charge in [0.25, 0.3) is 0 Å². The average molecular weight is 167 g/mol. The molecule has 1 unspecified atom stereocenters. The highest BCUT2D eigenvalue weighted by molar-refractivity contribution is 5.78. The van der Waals surface area contributed by atoms with Crippen molar-refractivity contribution in [3.05, 3.63) is 11.8 Å². The third-order valence-corrected chi connectivity index (χ3v) is 2.40. The molecular weight excluding hydrogens is 154 g/mol. The van der Waals surface area contributed by atoms with E-state index in [9.17, 15) is 4.79 Å². The Kier molecular flexibility index (Phi) is 1.29. The minimum atomic E-state index is -0.289. The van der Waals surface area contributed by atoms with Crippen molar-refractivity contribution >= 4 is 6.09 Å². The molecular formula is C9H13NO2. The van der Waals surface area contributed by atoms with Gasteiger partial charge in [-0.1, -0.05) is 6.08 Å². The van der Waals surface area contributed by atoms with Gasteiger partial charge in [0.2, 0.25) is 0 Å². The summed E-state index contributed by atoms with van der Waals surface area (Å²) in [6.07, 6.45) is 2.70. The molecule has 3 heteroatoms. The van der Waals surface area contributed by atoms with Crippen LogP contribution in [0.25, 0.3) is 0 Å². The molecule has 2 rings (SSSR count). The van der Waals surface area contributed by atoms with E-state index in [1.807, 2.05) is 26.8 Å². The second kappa shape index (κ2) is 2.03. The zero-order chi connectivity index (χ0) is 8.93. The summed E-state index contributed by atoms with van der Waals surface area (Å²) >= 11 is 0. The molecule has 0 aromatic carbocycles. The Morgan fingerprint density at radius 1 is 1.67 bits per heavy atom. The highest BCUT2D eigenvalue weighted by Crippen LogP contribution is 2.44. The molecule has 12 heavy (non-hydrogen) atoms. The molecule has 2 aliphatic heterocycles. The van der Waals surface area contributed by atoms with Crippen LogP contribution >= 0.6 is 0 Å². The topological polar surface area (TPSA) is 29.3 Å². The van der Waals surface area contributed by atoms with Crippen LogP contribution in [0.15, 0.2) is 11.8 Å². The number of ether oxygens (including phenoxy) is 1. The lowest BCUT2D eigenvalue weighted by molar-refractivity contribution is 0.00124. The number of cyclic esters (lactones) is 1. The molecule has 0 saturated carbocycles. The largest absolute Gasteiger partial charge is 0.443 e. The smallest absolute Gasteiger partial charge is 0.415 e. The van der Waals surface area contributed by atoms with E-state index in [2.05, 4.69) is 0 Å². The second-order valence-corrected chi connectivity index (χ2v) is 3.93. The van der Waals surface area contributed by atoms with Crippen LogP contribution in [-0.2, 0) is 4.74 Å². The number of rotatable bonds is 0. The van der Waals surface area contributed by atoms with Crippen molar-refractivity contribution in [1.29, 1.82) is 0 Å². The lowest BCUT2D eigenvalue weighted by Gasteiger charge is -2.28. The van der Waals surface area contributed by atoms with Gasteiger partial charge in [0.15, 0.2) is 0 Å². The summed E-state index contributed by atoms with van der Waals surface area (Å²) in [7, 11) is 0. The minimum absolute atomic E-state index is 0.190. The summed E-state index contributed by atoms with van der Waals surface area (Å²) in [4.78, 5) is 13.0. The van der Waals surface area contributed by atoms with E-state index in [1.165, 1.54) is 0 Å². The van der Waals surface area contributed by atoms with Gasteiger partial charge in [-0.05, 0) is 20.8 Å². The Morgan fingerprint density at radius 2 is 2.33 bits per heavy atom. The molecule has 0 N–H and O–H groups in total. The quantitative estimate of drug-likeness (QED) is 0.515. The van der Waals surface area contributed by atoms with Crippen molar-refractivity contribution in [2.75, 3.05) is 0 Å². The standard InChI is InChI=1S/C9H13NO2/c1-4-6-7-5-9(2,3)12-8(11)10(6)7/h4,7H,5H2,1-3H3/b6-4+. The SMILES string of the molecule is C/C=C1\C2CC(C)(C)OC(=O)N12. The van der Waals surface area contributed by atoms with Gasteiger partial charge in [-0.25, -0.2) is 4.79 Å². The number of hydrogen-bond acceptors (Lipinski definition) is 2. The highest BCUT2D eigenvalue weighted by atomic mass is 16.6. The molecule has 2 saturated heterocycles. The van der Waals surface area contributed by atoms with Crippen LogP contribution in [-0.4, -0.2) is 22.6 Å². The van der Waals surface area contributed by atoms with Crippen molar-refractivity contribution < 1.29 is 9.53 Å². The first-order chi connectivity index (χ1) is 5.55. The van der Waals surface area contributed by atoms with Gasteiger partial charge in [-0.3, -0.25) is 4.90 Å². The zero-order valence-corrected chi connectivity index (χ0v) is 7.63. The summed E-state index contributed by atoms with van der Waals surface area (Å²) in [5.41, 5.74) is 0.828. The minimum Gasteiger partial charge on any atom is -0.443 e. The van der Waals surface area contributed by atoms with E-state index in [4.69, 9.17) is 4.74 Å². The molecule has 1 atom stereocenters. The monoisotopic (exact) mass is 167 g/mol. The van der Waals surface area contributed by atoms with Crippen molar-refractivity contribution in [3.63, 3.8) is 0 Å². The third-order valence-electron chi connectivity index (χ3n) is 2.40. The first-order valence-electron chi connectivity index (χ1n) is 4.23. The number of hydrogen-bond donors (Lipinski definition) is 0. The van der Waals surface area contributed by atoms with E-state index in [0.29, 0.717) is 6.04 Å². The van der Waals surface area contributed by atoms with Gasteiger partial charge in [0.05, 0.1) is 6.04 Å². The Balaban J connectivity index is 2.21. The summed E-state index contributed by atoms with van der Waals surface area (Å²) in [6.45, 7) is 5.86.